The monoisotopic (exact) mass is 312 g/mol. The molecule has 1 saturated carbocycles. The Labute approximate surface area is 133 Å². The lowest BCUT2D eigenvalue weighted by Gasteiger charge is -2.24. The van der Waals surface area contributed by atoms with E-state index in [1.807, 2.05) is 11.7 Å². The van der Waals surface area contributed by atoms with Crippen LogP contribution in [-0.2, 0) is 19.9 Å². The first-order valence-corrected chi connectivity index (χ1v) is 8.69. The van der Waals surface area contributed by atoms with Crippen LogP contribution in [0.2, 0.25) is 5.02 Å². The number of nitrogens with two attached hydrogens (primary N) is 1. The summed E-state index contributed by atoms with van der Waals surface area (Å²) < 4.78 is 1.91. The fourth-order valence-corrected chi connectivity index (χ4v) is 3.80. The third-order valence-electron chi connectivity index (χ3n) is 4.83. The molecule has 3 N–H and O–H groups in total. The van der Waals surface area contributed by atoms with E-state index in [1.165, 1.54) is 38.5 Å². The van der Waals surface area contributed by atoms with Crippen molar-refractivity contribution in [2.75, 3.05) is 0 Å². The highest BCUT2D eigenvalue weighted by Crippen LogP contribution is 2.29. The maximum absolute atomic E-state index is 6.43. The molecular weight excluding hydrogens is 284 g/mol. The molecule has 1 aromatic rings. The SMILES string of the molecule is CCc1nn(C)c(CC(CCC2CCCCC2)NN)c1Cl. The molecule has 0 saturated heterocycles. The lowest BCUT2D eigenvalue weighted by atomic mass is 9.85. The lowest BCUT2D eigenvalue weighted by Crippen LogP contribution is -2.37. The van der Waals surface area contributed by atoms with Gasteiger partial charge >= 0.3 is 0 Å². The van der Waals surface area contributed by atoms with Gasteiger partial charge in [-0.3, -0.25) is 16.0 Å². The fourth-order valence-electron chi connectivity index (χ4n) is 3.43. The Bertz CT molecular complexity index is 438. The average Bonchev–Trinajstić information content (AvgIpc) is 2.79. The largest absolute Gasteiger partial charge is 0.271 e. The molecule has 0 aliphatic heterocycles. The summed E-state index contributed by atoms with van der Waals surface area (Å²) in [7, 11) is 1.97. The number of aryl methyl sites for hydroxylation is 2. The van der Waals surface area contributed by atoms with Gasteiger partial charge in [-0.2, -0.15) is 5.10 Å². The van der Waals surface area contributed by atoms with E-state index >= 15 is 0 Å². The number of hydrogen-bond acceptors (Lipinski definition) is 3. The van der Waals surface area contributed by atoms with Crippen molar-refractivity contribution in [2.45, 2.75) is 70.8 Å². The predicted octanol–water partition coefficient (Wildman–Crippen LogP) is 3.37. The maximum atomic E-state index is 6.43. The summed E-state index contributed by atoms with van der Waals surface area (Å²) in [6, 6.07) is 0.282. The molecule has 1 aromatic heterocycles. The summed E-state index contributed by atoms with van der Waals surface area (Å²) in [6.07, 6.45) is 11.1. The van der Waals surface area contributed by atoms with E-state index < -0.39 is 0 Å². The zero-order chi connectivity index (χ0) is 15.2. The summed E-state index contributed by atoms with van der Waals surface area (Å²) in [5, 5.41) is 5.30. The third-order valence-corrected chi connectivity index (χ3v) is 5.26. The molecule has 1 heterocycles. The maximum Gasteiger partial charge on any atom is 0.0850 e. The van der Waals surface area contributed by atoms with E-state index in [4.69, 9.17) is 17.4 Å². The Morgan fingerprint density at radius 1 is 1.38 bits per heavy atom. The third kappa shape index (κ3) is 4.44. The summed E-state index contributed by atoms with van der Waals surface area (Å²) >= 11 is 6.43. The van der Waals surface area contributed by atoms with Crippen LogP contribution in [0.15, 0.2) is 0 Å². The quantitative estimate of drug-likeness (QED) is 0.599. The molecule has 120 valence electrons. The van der Waals surface area contributed by atoms with E-state index in [9.17, 15) is 0 Å². The van der Waals surface area contributed by atoms with Gasteiger partial charge in [-0.05, 0) is 25.2 Å². The summed E-state index contributed by atoms with van der Waals surface area (Å²) in [5.74, 6) is 6.64. The molecule has 0 radical (unpaired) electrons. The zero-order valence-corrected chi connectivity index (χ0v) is 14.1. The topological polar surface area (TPSA) is 55.9 Å². The highest BCUT2D eigenvalue weighted by Gasteiger charge is 2.19. The van der Waals surface area contributed by atoms with Crippen molar-refractivity contribution < 1.29 is 0 Å². The number of aromatic nitrogens is 2. The molecule has 4 nitrogen and oxygen atoms in total. The minimum absolute atomic E-state index is 0.282. The van der Waals surface area contributed by atoms with Crippen LogP contribution in [0, 0.1) is 5.92 Å². The Kier molecular flexibility index (Phi) is 6.52. The van der Waals surface area contributed by atoms with Crippen LogP contribution in [0.3, 0.4) is 0 Å². The number of hydrazine groups is 1. The van der Waals surface area contributed by atoms with Crippen molar-refractivity contribution in [1.82, 2.24) is 15.2 Å². The van der Waals surface area contributed by atoms with Crippen molar-refractivity contribution in [3.8, 4) is 0 Å². The number of hydrogen-bond donors (Lipinski definition) is 2. The van der Waals surface area contributed by atoms with E-state index in [1.54, 1.807) is 0 Å². The molecular formula is C16H29ClN4. The lowest BCUT2D eigenvalue weighted by molar-refractivity contribution is 0.312. The Morgan fingerprint density at radius 3 is 2.67 bits per heavy atom. The average molecular weight is 313 g/mol. The van der Waals surface area contributed by atoms with Gasteiger partial charge in [0.15, 0.2) is 0 Å². The van der Waals surface area contributed by atoms with Crippen molar-refractivity contribution >= 4 is 11.6 Å². The zero-order valence-electron chi connectivity index (χ0n) is 13.4. The van der Waals surface area contributed by atoms with Crippen LogP contribution >= 0.6 is 11.6 Å². The van der Waals surface area contributed by atoms with Gasteiger partial charge in [0.25, 0.3) is 0 Å². The highest BCUT2D eigenvalue weighted by atomic mass is 35.5. The first kappa shape index (κ1) is 16.8. The van der Waals surface area contributed by atoms with Crippen LogP contribution < -0.4 is 11.3 Å². The van der Waals surface area contributed by atoms with E-state index in [-0.39, 0.29) is 6.04 Å². The molecule has 1 unspecified atom stereocenters. The number of halogens is 1. The van der Waals surface area contributed by atoms with Crippen LogP contribution in [0.4, 0.5) is 0 Å². The second-order valence-corrected chi connectivity index (χ2v) is 6.71. The van der Waals surface area contributed by atoms with Crippen molar-refractivity contribution in [3.05, 3.63) is 16.4 Å². The van der Waals surface area contributed by atoms with Gasteiger partial charge in [0.1, 0.15) is 0 Å². The molecule has 0 bridgehead atoms. The van der Waals surface area contributed by atoms with E-state index in [0.29, 0.717) is 0 Å². The van der Waals surface area contributed by atoms with Gasteiger partial charge in [0.05, 0.1) is 16.4 Å². The molecule has 0 spiro atoms. The standard InChI is InChI=1S/C16H29ClN4/c1-3-14-16(17)15(21(2)20-14)11-13(19-18)10-9-12-7-5-4-6-8-12/h12-13,19H,3-11,18H2,1-2H3. The van der Waals surface area contributed by atoms with Crippen LogP contribution in [-0.4, -0.2) is 15.8 Å². The van der Waals surface area contributed by atoms with Crippen molar-refractivity contribution in [1.29, 1.82) is 0 Å². The highest BCUT2D eigenvalue weighted by molar-refractivity contribution is 6.31. The Balaban J connectivity index is 1.91. The van der Waals surface area contributed by atoms with Crippen LogP contribution in [0.1, 0.15) is 63.3 Å². The summed E-state index contributed by atoms with van der Waals surface area (Å²) in [5.41, 5.74) is 5.05. The van der Waals surface area contributed by atoms with Gasteiger partial charge in [0.2, 0.25) is 0 Å². The summed E-state index contributed by atoms with van der Waals surface area (Å²) in [4.78, 5) is 0. The van der Waals surface area contributed by atoms with Gasteiger partial charge < -0.3 is 0 Å². The van der Waals surface area contributed by atoms with Crippen molar-refractivity contribution in [2.24, 2.45) is 18.8 Å². The minimum Gasteiger partial charge on any atom is -0.271 e. The normalized spacial score (nSPS) is 18.1. The van der Waals surface area contributed by atoms with Crippen LogP contribution in [0.25, 0.3) is 0 Å². The predicted molar refractivity (Wildman–Crippen MR) is 88.2 cm³/mol. The first-order chi connectivity index (χ1) is 10.2. The molecule has 1 atom stereocenters. The number of nitrogens with one attached hydrogen (secondary N) is 1. The smallest absolute Gasteiger partial charge is 0.0850 e. The molecule has 5 heteroatoms. The fraction of sp³-hybridized carbons (Fsp3) is 0.812. The Hall–Kier alpha value is -0.580. The van der Waals surface area contributed by atoms with Gasteiger partial charge in [-0.25, -0.2) is 0 Å². The Morgan fingerprint density at radius 2 is 2.10 bits per heavy atom. The first-order valence-electron chi connectivity index (χ1n) is 8.32. The summed E-state index contributed by atoms with van der Waals surface area (Å²) in [6.45, 7) is 2.08. The van der Waals surface area contributed by atoms with Gasteiger partial charge in [-0.1, -0.05) is 50.6 Å². The minimum atomic E-state index is 0.282. The molecule has 1 aliphatic carbocycles. The van der Waals surface area contributed by atoms with Crippen LogP contribution in [0.5, 0.6) is 0 Å². The number of nitrogens with zero attached hydrogens (tertiary/aromatic N) is 2. The van der Waals surface area contributed by atoms with Gasteiger partial charge in [0, 0.05) is 19.5 Å². The number of rotatable bonds is 7. The van der Waals surface area contributed by atoms with Crippen molar-refractivity contribution in [3.63, 3.8) is 0 Å². The second-order valence-electron chi connectivity index (χ2n) is 6.33. The molecule has 1 fully saturated rings. The molecule has 1 aliphatic rings. The molecule has 0 amide bonds. The molecule has 2 rings (SSSR count). The molecule has 21 heavy (non-hydrogen) atoms. The molecule has 0 aromatic carbocycles. The van der Waals surface area contributed by atoms with E-state index in [0.717, 1.165) is 41.6 Å². The van der Waals surface area contributed by atoms with E-state index in [2.05, 4.69) is 17.4 Å². The second kappa shape index (κ2) is 8.16. The van der Waals surface area contributed by atoms with Gasteiger partial charge in [-0.15, -0.1) is 0 Å².